The standard InChI is InChI=1S/C16H18N2O/c1-16(2,11-13-7-4-3-5-8-13)15(19)18-14-9-6-10-17-12-14/h3-10,12H,11H2,1-2H3,(H,18,19). The SMILES string of the molecule is CC(C)(Cc1ccccc1)C(=O)Nc1cccnc1. The molecular weight excluding hydrogens is 236 g/mol. The molecule has 1 aromatic heterocycles. The van der Waals surface area contributed by atoms with E-state index in [1.807, 2.05) is 50.2 Å². The molecule has 0 radical (unpaired) electrons. The van der Waals surface area contributed by atoms with Crippen LogP contribution in [-0.4, -0.2) is 10.9 Å². The molecule has 0 bridgehead atoms. The van der Waals surface area contributed by atoms with E-state index >= 15 is 0 Å². The van der Waals surface area contributed by atoms with Gasteiger partial charge in [-0.15, -0.1) is 0 Å². The third-order valence-corrected chi connectivity index (χ3v) is 3.02. The first-order chi connectivity index (χ1) is 9.08. The summed E-state index contributed by atoms with van der Waals surface area (Å²) >= 11 is 0. The minimum atomic E-state index is -0.461. The lowest BCUT2D eigenvalue weighted by atomic mass is 9.85. The lowest BCUT2D eigenvalue weighted by Gasteiger charge is -2.23. The number of nitrogens with one attached hydrogen (secondary N) is 1. The van der Waals surface area contributed by atoms with Gasteiger partial charge in [-0.05, 0) is 24.1 Å². The van der Waals surface area contributed by atoms with Crippen LogP contribution in [0, 0.1) is 5.41 Å². The Morgan fingerprint density at radius 1 is 1.16 bits per heavy atom. The molecule has 0 saturated carbocycles. The van der Waals surface area contributed by atoms with Crippen LogP contribution in [0.4, 0.5) is 5.69 Å². The second-order valence-electron chi connectivity index (χ2n) is 5.24. The van der Waals surface area contributed by atoms with E-state index in [9.17, 15) is 4.79 Å². The number of pyridine rings is 1. The van der Waals surface area contributed by atoms with E-state index in [4.69, 9.17) is 0 Å². The summed E-state index contributed by atoms with van der Waals surface area (Å²) in [6.45, 7) is 3.90. The predicted octanol–water partition coefficient (Wildman–Crippen LogP) is 3.29. The van der Waals surface area contributed by atoms with Gasteiger partial charge in [0.15, 0.2) is 0 Å². The summed E-state index contributed by atoms with van der Waals surface area (Å²) in [5.74, 6) is 0.00403. The van der Waals surface area contributed by atoms with E-state index in [1.54, 1.807) is 18.5 Å². The van der Waals surface area contributed by atoms with E-state index in [-0.39, 0.29) is 5.91 Å². The lowest BCUT2D eigenvalue weighted by molar-refractivity contribution is -0.123. The molecule has 0 aliphatic carbocycles. The highest BCUT2D eigenvalue weighted by Crippen LogP contribution is 2.23. The van der Waals surface area contributed by atoms with Crippen molar-refractivity contribution in [2.45, 2.75) is 20.3 Å². The van der Waals surface area contributed by atoms with Crippen LogP contribution in [-0.2, 0) is 11.2 Å². The van der Waals surface area contributed by atoms with Crippen molar-refractivity contribution in [2.75, 3.05) is 5.32 Å². The molecule has 0 fully saturated rings. The van der Waals surface area contributed by atoms with Gasteiger partial charge in [0.2, 0.25) is 5.91 Å². The van der Waals surface area contributed by atoms with Crippen molar-refractivity contribution >= 4 is 11.6 Å². The Morgan fingerprint density at radius 2 is 1.89 bits per heavy atom. The molecule has 0 aliphatic heterocycles. The Hall–Kier alpha value is -2.16. The molecular formula is C16H18N2O. The number of amides is 1. The number of carbonyl (C=O) groups is 1. The van der Waals surface area contributed by atoms with Gasteiger partial charge in [0.25, 0.3) is 0 Å². The predicted molar refractivity (Wildman–Crippen MR) is 76.8 cm³/mol. The van der Waals surface area contributed by atoms with Gasteiger partial charge in [0, 0.05) is 11.6 Å². The molecule has 19 heavy (non-hydrogen) atoms. The van der Waals surface area contributed by atoms with E-state index in [1.165, 1.54) is 0 Å². The monoisotopic (exact) mass is 254 g/mol. The van der Waals surface area contributed by atoms with Crippen LogP contribution in [0.1, 0.15) is 19.4 Å². The van der Waals surface area contributed by atoms with E-state index in [0.29, 0.717) is 6.42 Å². The van der Waals surface area contributed by atoms with Crippen LogP contribution < -0.4 is 5.32 Å². The van der Waals surface area contributed by atoms with Crippen LogP contribution in [0.25, 0.3) is 0 Å². The van der Waals surface area contributed by atoms with Gasteiger partial charge in [-0.3, -0.25) is 9.78 Å². The maximum Gasteiger partial charge on any atom is 0.230 e. The largest absolute Gasteiger partial charge is 0.324 e. The fourth-order valence-electron chi connectivity index (χ4n) is 1.92. The molecule has 0 atom stereocenters. The van der Waals surface area contributed by atoms with Gasteiger partial charge >= 0.3 is 0 Å². The molecule has 1 aromatic carbocycles. The third kappa shape index (κ3) is 3.65. The molecule has 1 heterocycles. The summed E-state index contributed by atoms with van der Waals surface area (Å²) in [5, 5.41) is 2.90. The molecule has 0 saturated heterocycles. The topological polar surface area (TPSA) is 42.0 Å². The number of rotatable bonds is 4. The average Bonchev–Trinajstić information content (AvgIpc) is 2.40. The van der Waals surface area contributed by atoms with Crippen molar-refractivity contribution in [3.63, 3.8) is 0 Å². The Kier molecular flexibility index (Phi) is 3.95. The van der Waals surface area contributed by atoms with Crippen molar-refractivity contribution in [3.05, 3.63) is 60.4 Å². The summed E-state index contributed by atoms with van der Waals surface area (Å²) in [6, 6.07) is 13.7. The molecule has 98 valence electrons. The molecule has 3 heteroatoms. The first-order valence-corrected chi connectivity index (χ1v) is 6.33. The molecule has 2 rings (SSSR count). The lowest BCUT2D eigenvalue weighted by Crippen LogP contribution is -2.32. The Morgan fingerprint density at radius 3 is 2.53 bits per heavy atom. The molecule has 1 amide bonds. The van der Waals surface area contributed by atoms with Gasteiger partial charge in [-0.2, -0.15) is 0 Å². The average molecular weight is 254 g/mol. The summed E-state index contributed by atoms with van der Waals surface area (Å²) < 4.78 is 0. The van der Waals surface area contributed by atoms with Crippen LogP contribution in [0.3, 0.4) is 0 Å². The summed E-state index contributed by atoms with van der Waals surface area (Å²) in [6.07, 6.45) is 4.04. The Bertz CT molecular complexity index is 535. The maximum absolute atomic E-state index is 12.3. The van der Waals surface area contributed by atoms with Gasteiger partial charge in [0.1, 0.15) is 0 Å². The molecule has 0 aliphatic rings. The molecule has 0 unspecified atom stereocenters. The second kappa shape index (κ2) is 5.65. The number of anilines is 1. The second-order valence-corrected chi connectivity index (χ2v) is 5.24. The highest BCUT2D eigenvalue weighted by atomic mass is 16.2. The molecule has 2 aromatic rings. The molecule has 0 spiro atoms. The molecule has 1 N–H and O–H groups in total. The summed E-state index contributed by atoms with van der Waals surface area (Å²) in [4.78, 5) is 16.3. The van der Waals surface area contributed by atoms with Gasteiger partial charge in [-0.1, -0.05) is 44.2 Å². The quantitative estimate of drug-likeness (QED) is 0.909. The maximum atomic E-state index is 12.3. The highest BCUT2D eigenvalue weighted by Gasteiger charge is 2.27. The van der Waals surface area contributed by atoms with E-state index in [0.717, 1.165) is 11.3 Å². The van der Waals surface area contributed by atoms with Crippen LogP contribution in [0.5, 0.6) is 0 Å². The molecule has 3 nitrogen and oxygen atoms in total. The van der Waals surface area contributed by atoms with Crippen molar-refractivity contribution in [3.8, 4) is 0 Å². The number of benzene rings is 1. The van der Waals surface area contributed by atoms with Crippen LogP contribution in [0.2, 0.25) is 0 Å². The Balaban J connectivity index is 2.05. The fourth-order valence-corrected chi connectivity index (χ4v) is 1.92. The zero-order chi connectivity index (χ0) is 13.7. The summed E-state index contributed by atoms with van der Waals surface area (Å²) in [5.41, 5.74) is 1.43. The number of nitrogens with zero attached hydrogens (tertiary/aromatic N) is 1. The fraction of sp³-hybridized carbons (Fsp3) is 0.250. The van der Waals surface area contributed by atoms with Crippen molar-refractivity contribution in [2.24, 2.45) is 5.41 Å². The normalized spacial score (nSPS) is 11.1. The number of hydrogen-bond acceptors (Lipinski definition) is 2. The van der Waals surface area contributed by atoms with Crippen molar-refractivity contribution in [1.82, 2.24) is 4.98 Å². The zero-order valence-electron chi connectivity index (χ0n) is 11.3. The first-order valence-electron chi connectivity index (χ1n) is 6.33. The number of hydrogen-bond donors (Lipinski definition) is 1. The first kappa shape index (κ1) is 13.3. The third-order valence-electron chi connectivity index (χ3n) is 3.02. The van der Waals surface area contributed by atoms with Gasteiger partial charge < -0.3 is 5.32 Å². The van der Waals surface area contributed by atoms with Crippen LogP contribution >= 0.6 is 0 Å². The number of carbonyl (C=O) groups excluding carboxylic acids is 1. The van der Waals surface area contributed by atoms with Gasteiger partial charge in [0.05, 0.1) is 11.9 Å². The summed E-state index contributed by atoms with van der Waals surface area (Å²) in [7, 11) is 0. The minimum Gasteiger partial charge on any atom is -0.324 e. The van der Waals surface area contributed by atoms with Gasteiger partial charge in [-0.25, -0.2) is 0 Å². The zero-order valence-corrected chi connectivity index (χ0v) is 11.3. The Labute approximate surface area is 113 Å². The highest BCUT2D eigenvalue weighted by molar-refractivity contribution is 5.94. The minimum absolute atomic E-state index is 0.00403. The van der Waals surface area contributed by atoms with Crippen molar-refractivity contribution < 1.29 is 4.79 Å². The van der Waals surface area contributed by atoms with Crippen LogP contribution in [0.15, 0.2) is 54.9 Å². The van der Waals surface area contributed by atoms with Crippen molar-refractivity contribution in [1.29, 1.82) is 0 Å². The number of aromatic nitrogens is 1. The van der Waals surface area contributed by atoms with E-state index < -0.39 is 5.41 Å². The smallest absolute Gasteiger partial charge is 0.230 e. The van der Waals surface area contributed by atoms with E-state index in [2.05, 4.69) is 10.3 Å².